The van der Waals surface area contributed by atoms with Crippen LogP contribution in [0.15, 0.2) is 60.7 Å². The third kappa shape index (κ3) is 4.74. The fourth-order valence-electron chi connectivity index (χ4n) is 2.74. The van der Waals surface area contributed by atoms with E-state index in [0.717, 1.165) is 22.9 Å². The number of fused-ring (bicyclic) bond motifs is 1. The van der Waals surface area contributed by atoms with E-state index in [1.54, 1.807) is 0 Å². The first-order valence-electron chi connectivity index (χ1n) is 8.51. The van der Waals surface area contributed by atoms with E-state index in [2.05, 4.69) is 5.32 Å². The van der Waals surface area contributed by atoms with Gasteiger partial charge >= 0.3 is 0 Å². The molecule has 0 aliphatic rings. The van der Waals surface area contributed by atoms with Crippen molar-refractivity contribution in [3.63, 3.8) is 0 Å². The maximum atomic E-state index is 13.7. The summed E-state index contributed by atoms with van der Waals surface area (Å²) in [5.74, 6) is -1.85. The van der Waals surface area contributed by atoms with Gasteiger partial charge in [0, 0.05) is 18.3 Å². The number of hydrogen-bond donors (Lipinski definition) is 1. The number of carbonyl (C=O) groups is 1. The lowest BCUT2D eigenvalue weighted by Gasteiger charge is -2.17. The Morgan fingerprint density at radius 1 is 1.00 bits per heavy atom. The summed E-state index contributed by atoms with van der Waals surface area (Å²) in [5, 5.41) is 4.73. The fraction of sp³-hybridized carbons (Fsp3) is 0.190. The molecule has 0 aliphatic heterocycles. The molecule has 1 atom stereocenters. The van der Waals surface area contributed by atoms with Gasteiger partial charge in [-0.05, 0) is 35.0 Å². The topological polar surface area (TPSA) is 38.3 Å². The molecular weight excluding hydrogens is 372 g/mol. The molecule has 0 bridgehead atoms. The SMILES string of the molecule is O=C(NC(CCl)CCOc1ccc2ccccc2c1)c1c(F)cccc1F. The number of rotatable bonds is 7. The van der Waals surface area contributed by atoms with Crippen LogP contribution in [-0.4, -0.2) is 24.4 Å². The molecule has 0 aromatic heterocycles. The highest BCUT2D eigenvalue weighted by Crippen LogP contribution is 2.21. The number of carbonyl (C=O) groups excluding carboxylic acids is 1. The van der Waals surface area contributed by atoms with E-state index in [1.165, 1.54) is 6.07 Å². The molecule has 6 heteroatoms. The van der Waals surface area contributed by atoms with Crippen molar-refractivity contribution in [2.24, 2.45) is 0 Å². The second-order valence-corrected chi connectivity index (χ2v) is 6.38. The minimum Gasteiger partial charge on any atom is -0.493 e. The molecule has 140 valence electrons. The predicted octanol–water partition coefficient (Wildman–Crippen LogP) is 4.92. The Bertz CT molecular complexity index is 928. The Morgan fingerprint density at radius 2 is 1.70 bits per heavy atom. The van der Waals surface area contributed by atoms with E-state index < -0.39 is 29.1 Å². The minimum absolute atomic E-state index is 0.100. The van der Waals surface area contributed by atoms with Crippen LogP contribution in [0.3, 0.4) is 0 Å². The van der Waals surface area contributed by atoms with Crippen LogP contribution in [-0.2, 0) is 0 Å². The summed E-state index contributed by atoms with van der Waals surface area (Å²) in [4.78, 5) is 12.1. The highest BCUT2D eigenvalue weighted by molar-refractivity contribution is 6.18. The fourth-order valence-corrected chi connectivity index (χ4v) is 2.97. The van der Waals surface area contributed by atoms with E-state index in [-0.39, 0.29) is 5.88 Å². The van der Waals surface area contributed by atoms with Gasteiger partial charge in [-0.3, -0.25) is 4.79 Å². The molecule has 3 rings (SSSR count). The van der Waals surface area contributed by atoms with Crippen molar-refractivity contribution in [2.75, 3.05) is 12.5 Å². The van der Waals surface area contributed by atoms with Crippen LogP contribution in [0.2, 0.25) is 0 Å². The number of nitrogens with one attached hydrogen (secondary N) is 1. The number of amides is 1. The second kappa shape index (κ2) is 8.82. The second-order valence-electron chi connectivity index (χ2n) is 6.07. The zero-order valence-corrected chi connectivity index (χ0v) is 15.2. The lowest BCUT2D eigenvalue weighted by atomic mass is 10.1. The molecule has 1 unspecified atom stereocenters. The largest absolute Gasteiger partial charge is 0.493 e. The molecule has 3 nitrogen and oxygen atoms in total. The maximum absolute atomic E-state index is 13.7. The molecule has 0 radical (unpaired) electrons. The molecule has 0 saturated heterocycles. The van der Waals surface area contributed by atoms with Crippen molar-refractivity contribution in [3.05, 3.63) is 77.9 Å². The van der Waals surface area contributed by atoms with E-state index in [0.29, 0.717) is 18.8 Å². The average molecular weight is 390 g/mol. The number of hydrogen-bond acceptors (Lipinski definition) is 2. The standard InChI is InChI=1S/C21H18ClF2NO2/c22-13-16(25-21(26)20-18(23)6-3-7-19(20)24)10-11-27-17-9-8-14-4-1-2-5-15(14)12-17/h1-9,12,16H,10-11,13H2,(H,25,26). The summed E-state index contributed by atoms with van der Waals surface area (Å²) < 4.78 is 33.1. The summed E-state index contributed by atoms with van der Waals surface area (Å²) in [6.45, 7) is 0.301. The molecule has 3 aromatic rings. The van der Waals surface area contributed by atoms with Gasteiger partial charge in [0.05, 0.1) is 6.61 Å². The van der Waals surface area contributed by atoms with Crippen molar-refractivity contribution in [3.8, 4) is 5.75 Å². The Kier molecular flexibility index (Phi) is 6.24. The number of halogens is 3. The van der Waals surface area contributed by atoms with Gasteiger partial charge in [0.25, 0.3) is 5.91 Å². The first-order chi connectivity index (χ1) is 13.1. The van der Waals surface area contributed by atoms with Crippen molar-refractivity contribution in [1.82, 2.24) is 5.32 Å². The third-order valence-corrected chi connectivity index (χ3v) is 4.54. The van der Waals surface area contributed by atoms with E-state index in [9.17, 15) is 13.6 Å². The van der Waals surface area contributed by atoms with Crippen LogP contribution >= 0.6 is 11.6 Å². The van der Waals surface area contributed by atoms with Gasteiger partial charge in [0.2, 0.25) is 0 Å². The van der Waals surface area contributed by atoms with E-state index in [1.807, 2.05) is 42.5 Å². The van der Waals surface area contributed by atoms with Crippen LogP contribution in [0.1, 0.15) is 16.8 Å². The first-order valence-corrected chi connectivity index (χ1v) is 9.04. The van der Waals surface area contributed by atoms with Gasteiger partial charge < -0.3 is 10.1 Å². The first kappa shape index (κ1) is 19.1. The normalized spacial score (nSPS) is 12.0. The number of ether oxygens (including phenoxy) is 1. The molecule has 3 aromatic carbocycles. The maximum Gasteiger partial charge on any atom is 0.257 e. The molecule has 0 aliphatic carbocycles. The third-order valence-electron chi connectivity index (χ3n) is 4.17. The predicted molar refractivity (Wildman–Crippen MR) is 102 cm³/mol. The Morgan fingerprint density at radius 3 is 2.41 bits per heavy atom. The van der Waals surface area contributed by atoms with Gasteiger partial charge in [-0.1, -0.05) is 36.4 Å². The molecule has 0 spiro atoms. The van der Waals surface area contributed by atoms with E-state index in [4.69, 9.17) is 16.3 Å². The Labute approximate surface area is 160 Å². The molecular formula is C21H18ClF2NO2. The van der Waals surface area contributed by atoms with Gasteiger partial charge in [-0.2, -0.15) is 0 Å². The Balaban J connectivity index is 1.57. The summed E-state index contributed by atoms with van der Waals surface area (Å²) in [7, 11) is 0. The lowest BCUT2D eigenvalue weighted by Crippen LogP contribution is -2.38. The average Bonchev–Trinajstić information content (AvgIpc) is 2.67. The van der Waals surface area contributed by atoms with Crippen LogP contribution in [0.5, 0.6) is 5.75 Å². The summed E-state index contributed by atoms with van der Waals surface area (Å²) in [6, 6.07) is 16.5. The van der Waals surface area contributed by atoms with Crippen LogP contribution in [0, 0.1) is 11.6 Å². The van der Waals surface area contributed by atoms with Crippen molar-refractivity contribution >= 4 is 28.3 Å². The van der Waals surface area contributed by atoms with Crippen molar-refractivity contribution in [2.45, 2.75) is 12.5 Å². The van der Waals surface area contributed by atoms with Gasteiger partial charge in [0.1, 0.15) is 22.9 Å². The molecule has 0 saturated carbocycles. The highest BCUT2D eigenvalue weighted by atomic mass is 35.5. The molecule has 0 fully saturated rings. The minimum atomic E-state index is -0.909. The zero-order valence-electron chi connectivity index (χ0n) is 14.4. The van der Waals surface area contributed by atoms with Crippen LogP contribution < -0.4 is 10.1 Å². The smallest absolute Gasteiger partial charge is 0.257 e. The molecule has 0 heterocycles. The lowest BCUT2D eigenvalue weighted by molar-refractivity contribution is 0.0927. The Hall–Kier alpha value is -2.66. The molecule has 27 heavy (non-hydrogen) atoms. The van der Waals surface area contributed by atoms with Crippen LogP contribution in [0.25, 0.3) is 10.8 Å². The van der Waals surface area contributed by atoms with E-state index >= 15 is 0 Å². The summed E-state index contributed by atoms with van der Waals surface area (Å²) >= 11 is 5.88. The molecule has 1 amide bonds. The van der Waals surface area contributed by atoms with Crippen molar-refractivity contribution in [1.29, 1.82) is 0 Å². The van der Waals surface area contributed by atoms with Crippen molar-refractivity contribution < 1.29 is 18.3 Å². The molecule has 1 N–H and O–H groups in total. The van der Waals surface area contributed by atoms with Gasteiger partial charge in [0.15, 0.2) is 0 Å². The number of alkyl halides is 1. The summed E-state index contributed by atoms with van der Waals surface area (Å²) in [6.07, 6.45) is 0.401. The van der Waals surface area contributed by atoms with Gasteiger partial charge in [-0.25, -0.2) is 8.78 Å². The monoisotopic (exact) mass is 389 g/mol. The van der Waals surface area contributed by atoms with Crippen LogP contribution in [0.4, 0.5) is 8.78 Å². The van der Waals surface area contributed by atoms with Gasteiger partial charge in [-0.15, -0.1) is 11.6 Å². The zero-order chi connectivity index (χ0) is 19.2. The quantitative estimate of drug-likeness (QED) is 0.582. The highest BCUT2D eigenvalue weighted by Gasteiger charge is 2.20. The number of benzene rings is 3. The summed E-state index contributed by atoms with van der Waals surface area (Å²) in [5.41, 5.74) is -0.608.